The zero-order valence-corrected chi connectivity index (χ0v) is 12.3. The van der Waals surface area contributed by atoms with Crippen LogP contribution in [0.2, 0.25) is 0 Å². The molecule has 2 rings (SSSR count). The Labute approximate surface area is 119 Å². The Kier molecular flexibility index (Phi) is 4.08. The van der Waals surface area contributed by atoms with Crippen LogP contribution in [0.1, 0.15) is 25.0 Å². The van der Waals surface area contributed by atoms with Gasteiger partial charge in [0.1, 0.15) is 12.0 Å². The highest BCUT2D eigenvalue weighted by atomic mass is 16.5. The van der Waals surface area contributed by atoms with Crippen molar-refractivity contribution in [1.82, 2.24) is 9.97 Å². The van der Waals surface area contributed by atoms with Gasteiger partial charge in [-0.2, -0.15) is 4.98 Å². The van der Waals surface area contributed by atoms with Crippen molar-refractivity contribution in [2.45, 2.75) is 33.8 Å². The van der Waals surface area contributed by atoms with Gasteiger partial charge in [0.25, 0.3) is 0 Å². The number of hydrogen-bond acceptors (Lipinski definition) is 5. The number of nitrogens with two attached hydrogens (primary N) is 1. The number of anilines is 3. The van der Waals surface area contributed by atoms with Gasteiger partial charge in [-0.1, -0.05) is 12.1 Å². The average Bonchev–Trinajstić information content (AvgIpc) is 2.39. The third-order valence-electron chi connectivity index (χ3n) is 3.05. The van der Waals surface area contributed by atoms with Crippen LogP contribution >= 0.6 is 0 Å². The van der Waals surface area contributed by atoms with Crippen molar-refractivity contribution >= 4 is 17.2 Å². The van der Waals surface area contributed by atoms with Crippen molar-refractivity contribution in [2.75, 3.05) is 11.1 Å². The van der Waals surface area contributed by atoms with Gasteiger partial charge in [0.05, 0.1) is 6.10 Å². The molecule has 0 bridgehead atoms. The van der Waals surface area contributed by atoms with Gasteiger partial charge in [0.15, 0.2) is 5.82 Å². The molecular formula is C15H20N4O. The predicted octanol–water partition coefficient (Wildman–Crippen LogP) is 3.21. The smallest absolute Gasteiger partial charge is 0.242 e. The van der Waals surface area contributed by atoms with Gasteiger partial charge >= 0.3 is 0 Å². The maximum Gasteiger partial charge on any atom is 0.242 e. The summed E-state index contributed by atoms with van der Waals surface area (Å²) in [6.07, 6.45) is 1.46. The average molecular weight is 272 g/mol. The number of aromatic nitrogens is 2. The summed E-state index contributed by atoms with van der Waals surface area (Å²) in [5.41, 5.74) is 9.82. The second-order valence-electron chi connectivity index (χ2n) is 4.98. The van der Waals surface area contributed by atoms with Crippen LogP contribution in [0.5, 0.6) is 5.88 Å². The molecule has 0 radical (unpaired) electrons. The van der Waals surface area contributed by atoms with E-state index in [2.05, 4.69) is 35.2 Å². The maximum atomic E-state index is 6.06. The van der Waals surface area contributed by atoms with Crippen LogP contribution in [0, 0.1) is 13.8 Å². The zero-order chi connectivity index (χ0) is 14.7. The molecule has 3 N–H and O–H groups in total. The van der Waals surface area contributed by atoms with E-state index >= 15 is 0 Å². The number of rotatable bonds is 4. The van der Waals surface area contributed by atoms with E-state index in [0.717, 1.165) is 11.3 Å². The Morgan fingerprint density at radius 2 is 1.95 bits per heavy atom. The normalized spacial score (nSPS) is 10.7. The molecule has 0 amide bonds. The Balaban J connectivity index is 2.32. The van der Waals surface area contributed by atoms with Crippen LogP contribution in [-0.2, 0) is 0 Å². The minimum atomic E-state index is 0.0146. The summed E-state index contributed by atoms with van der Waals surface area (Å²) in [4.78, 5) is 8.25. The van der Waals surface area contributed by atoms with E-state index in [4.69, 9.17) is 10.5 Å². The van der Waals surface area contributed by atoms with Crippen LogP contribution in [0.15, 0.2) is 24.5 Å². The SMILES string of the molecule is Cc1cccc(Nc2ncnc(OC(C)C)c2N)c1C. The summed E-state index contributed by atoms with van der Waals surface area (Å²) in [5, 5.41) is 3.24. The summed E-state index contributed by atoms with van der Waals surface area (Å²) in [7, 11) is 0. The molecule has 0 fully saturated rings. The van der Waals surface area contributed by atoms with E-state index in [0.29, 0.717) is 17.4 Å². The molecule has 5 heteroatoms. The minimum absolute atomic E-state index is 0.0146. The zero-order valence-electron chi connectivity index (χ0n) is 12.3. The number of benzene rings is 1. The summed E-state index contributed by atoms with van der Waals surface area (Å²) in [6.45, 7) is 7.98. The number of nitrogens with one attached hydrogen (secondary N) is 1. The van der Waals surface area contributed by atoms with Crippen molar-refractivity contribution in [1.29, 1.82) is 0 Å². The topological polar surface area (TPSA) is 73.1 Å². The first kappa shape index (κ1) is 14.1. The van der Waals surface area contributed by atoms with Crippen LogP contribution in [-0.4, -0.2) is 16.1 Å². The number of nitrogens with zero attached hydrogens (tertiary/aromatic N) is 2. The van der Waals surface area contributed by atoms with Gasteiger partial charge < -0.3 is 15.8 Å². The van der Waals surface area contributed by atoms with E-state index < -0.39 is 0 Å². The monoisotopic (exact) mass is 272 g/mol. The van der Waals surface area contributed by atoms with Crippen LogP contribution in [0.25, 0.3) is 0 Å². The summed E-state index contributed by atoms with van der Waals surface area (Å²) in [6, 6.07) is 6.05. The quantitative estimate of drug-likeness (QED) is 0.894. The van der Waals surface area contributed by atoms with Gasteiger partial charge in [0, 0.05) is 5.69 Å². The highest BCUT2D eigenvalue weighted by Gasteiger charge is 2.11. The minimum Gasteiger partial charge on any atom is -0.473 e. The predicted molar refractivity (Wildman–Crippen MR) is 81.4 cm³/mol. The third kappa shape index (κ3) is 2.99. The lowest BCUT2D eigenvalue weighted by Crippen LogP contribution is -2.11. The molecule has 0 saturated carbocycles. The molecule has 0 spiro atoms. The second kappa shape index (κ2) is 5.77. The van der Waals surface area contributed by atoms with Gasteiger partial charge in [-0.05, 0) is 44.9 Å². The number of aryl methyl sites for hydroxylation is 1. The standard InChI is InChI=1S/C15H20N4O/c1-9(2)20-15-13(16)14(17-8-18-15)19-12-7-5-6-10(3)11(12)4/h5-9H,16H2,1-4H3,(H,17,18,19). The van der Waals surface area contributed by atoms with Gasteiger partial charge in [0.2, 0.25) is 5.88 Å². The lowest BCUT2D eigenvalue weighted by molar-refractivity contribution is 0.234. The van der Waals surface area contributed by atoms with Gasteiger partial charge in [-0.15, -0.1) is 0 Å². The molecule has 0 unspecified atom stereocenters. The Morgan fingerprint density at radius 1 is 1.20 bits per heavy atom. The lowest BCUT2D eigenvalue weighted by atomic mass is 10.1. The summed E-state index contributed by atoms with van der Waals surface area (Å²) in [5.74, 6) is 0.965. The molecule has 1 aromatic heterocycles. The number of hydrogen-bond donors (Lipinski definition) is 2. The van der Waals surface area contributed by atoms with Crippen LogP contribution in [0.4, 0.5) is 17.2 Å². The van der Waals surface area contributed by atoms with E-state index in [1.807, 2.05) is 26.0 Å². The van der Waals surface area contributed by atoms with Crippen molar-refractivity contribution in [2.24, 2.45) is 0 Å². The van der Waals surface area contributed by atoms with Crippen molar-refractivity contribution in [3.63, 3.8) is 0 Å². The first-order chi connectivity index (χ1) is 9.49. The Hall–Kier alpha value is -2.30. The fourth-order valence-corrected chi connectivity index (χ4v) is 1.81. The molecule has 0 atom stereocenters. The fraction of sp³-hybridized carbons (Fsp3) is 0.333. The molecule has 1 heterocycles. The van der Waals surface area contributed by atoms with Gasteiger partial charge in [-0.3, -0.25) is 0 Å². The molecule has 2 aromatic rings. The highest BCUT2D eigenvalue weighted by Crippen LogP contribution is 2.29. The molecule has 106 valence electrons. The van der Waals surface area contributed by atoms with Crippen molar-refractivity contribution in [3.05, 3.63) is 35.7 Å². The molecular weight excluding hydrogens is 252 g/mol. The number of nitrogen functional groups attached to an aromatic ring is 1. The van der Waals surface area contributed by atoms with E-state index in [1.54, 1.807) is 0 Å². The largest absolute Gasteiger partial charge is 0.473 e. The maximum absolute atomic E-state index is 6.06. The summed E-state index contributed by atoms with van der Waals surface area (Å²) < 4.78 is 5.56. The molecule has 5 nitrogen and oxygen atoms in total. The first-order valence-corrected chi connectivity index (χ1v) is 6.59. The second-order valence-corrected chi connectivity index (χ2v) is 4.98. The molecule has 0 aliphatic rings. The van der Waals surface area contributed by atoms with Crippen molar-refractivity contribution < 1.29 is 4.74 Å². The molecule has 0 aliphatic carbocycles. The van der Waals surface area contributed by atoms with Crippen LogP contribution in [0.3, 0.4) is 0 Å². The van der Waals surface area contributed by atoms with Crippen molar-refractivity contribution in [3.8, 4) is 5.88 Å². The molecule has 0 aliphatic heterocycles. The van der Waals surface area contributed by atoms with Gasteiger partial charge in [-0.25, -0.2) is 4.98 Å². The molecule has 0 saturated heterocycles. The Morgan fingerprint density at radius 3 is 2.65 bits per heavy atom. The summed E-state index contributed by atoms with van der Waals surface area (Å²) >= 11 is 0. The van der Waals surface area contributed by atoms with Crippen LogP contribution < -0.4 is 15.8 Å². The van der Waals surface area contributed by atoms with E-state index in [-0.39, 0.29) is 6.10 Å². The highest BCUT2D eigenvalue weighted by molar-refractivity contribution is 5.73. The molecule has 20 heavy (non-hydrogen) atoms. The first-order valence-electron chi connectivity index (χ1n) is 6.59. The fourth-order valence-electron chi connectivity index (χ4n) is 1.81. The number of ether oxygens (including phenoxy) is 1. The third-order valence-corrected chi connectivity index (χ3v) is 3.05. The van der Waals surface area contributed by atoms with E-state index in [9.17, 15) is 0 Å². The van der Waals surface area contributed by atoms with E-state index in [1.165, 1.54) is 11.9 Å². The Bertz CT molecular complexity index is 611. The molecule has 1 aromatic carbocycles. The lowest BCUT2D eigenvalue weighted by Gasteiger charge is -2.15.